The predicted octanol–water partition coefficient (Wildman–Crippen LogP) is -0.638. The molecule has 2 unspecified atom stereocenters. The fourth-order valence-electron chi connectivity index (χ4n) is 2.23. The maximum Gasteiger partial charge on any atom is 0.294 e. The predicted molar refractivity (Wildman–Crippen MR) is 65.8 cm³/mol. The molecule has 16 nitrogen and oxygen atoms in total. The SMILES string of the molecule is O=[N+]([O-])OCC1=C(CO[N+](=O)[O-])C(CO[N+](=O)[O-])C1CO[N+](=O)[O-]. The summed E-state index contributed by atoms with van der Waals surface area (Å²) in [5.74, 6) is -1.80. The first kappa shape index (κ1) is 18.6. The summed E-state index contributed by atoms with van der Waals surface area (Å²) in [6.07, 6.45) is 0. The van der Waals surface area contributed by atoms with Crippen LogP contribution in [0.25, 0.3) is 0 Å². The van der Waals surface area contributed by atoms with Crippen LogP contribution in [0.5, 0.6) is 0 Å². The summed E-state index contributed by atoms with van der Waals surface area (Å²) < 4.78 is 0. The second-order valence-corrected chi connectivity index (χ2v) is 4.30. The van der Waals surface area contributed by atoms with Crippen LogP contribution in [0.2, 0.25) is 0 Å². The highest BCUT2D eigenvalue weighted by atomic mass is 17.0. The van der Waals surface area contributed by atoms with E-state index in [-0.39, 0.29) is 11.1 Å². The molecule has 1 rings (SSSR count). The van der Waals surface area contributed by atoms with Gasteiger partial charge < -0.3 is 19.4 Å². The van der Waals surface area contributed by atoms with Crippen LogP contribution in [-0.4, -0.2) is 46.8 Å². The van der Waals surface area contributed by atoms with Crippen LogP contribution in [0, 0.1) is 52.3 Å². The van der Waals surface area contributed by atoms with Gasteiger partial charge in [-0.05, 0) is 11.1 Å². The van der Waals surface area contributed by atoms with Gasteiger partial charge in [0.15, 0.2) is 0 Å². The molecule has 0 N–H and O–H groups in total. The van der Waals surface area contributed by atoms with Crippen LogP contribution in [-0.2, 0) is 19.4 Å². The molecule has 0 saturated heterocycles. The van der Waals surface area contributed by atoms with Gasteiger partial charge in [0.05, 0.1) is 0 Å². The largest absolute Gasteiger partial charge is 0.313 e. The Morgan fingerprint density at radius 2 is 0.917 bits per heavy atom. The van der Waals surface area contributed by atoms with Gasteiger partial charge in [0, 0.05) is 11.8 Å². The van der Waals surface area contributed by atoms with E-state index in [1.165, 1.54) is 0 Å². The summed E-state index contributed by atoms with van der Waals surface area (Å²) in [5.41, 5.74) is 0.152. The Morgan fingerprint density at radius 1 is 0.625 bits per heavy atom. The quantitative estimate of drug-likeness (QED) is 0.243. The number of hydrogen-bond donors (Lipinski definition) is 0. The Kier molecular flexibility index (Phi) is 6.39. The highest BCUT2D eigenvalue weighted by Crippen LogP contribution is 2.41. The Morgan fingerprint density at radius 3 is 1.17 bits per heavy atom. The van der Waals surface area contributed by atoms with Crippen molar-refractivity contribution in [3.63, 3.8) is 0 Å². The van der Waals surface area contributed by atoms with Gasteiger partial charge in [0.25, 0.3) is 20.3 Å². The fraction of sp³-hybridized carbons (Fsp3) is 0.750. The number of nitrogens with zero attached hydrogens (tertiary/aromatic N) is 4. The van der Waals surface area contributed by atoms with Crippen molar-refractivity contribution in [3.8, 4) is 0 Å². The van der Waals surface area contributed by atoms with Crippen LogP contribution < -0.4 is 0 Å². The lowest BCUT2D eigenvalue weighted by Gasteiger charge is -2.40. The van der Waals surface area contributed by atoms with Crippen molar-refractivity contribution in [2.45, 2.75) is 0 Å². The van der Waals surface area contributed by atoms with Crippen LogP contribution in [0.4, 0.5) is 0 Å². The second-order valence-electron chi connectivity index (χ2n) is 4.30. The number of hydrogen-bond acceptors (Lipinski definition) is 12. The Hall–Kier alpha value is -3.46. The molecule has 24 heavy (non-hydrogen) atoms. The van der Waals surface area contributed by atoms with Gasteiger partial charge in [-0.2, -0.15) is 0 Å². The average molecular weight is 354 g/mol. The van der Waals surface area contributed by atoms with Gasteiger partial charge >= 0.3 is 0 Å². The third-order valence-electron chi connectivity index (χ3n) is 3.16. The van der Waals surface area contributed by atoms with E-state index in [1.54, 1.807) is 0 Å². The van der Waals surface area contributed by atoms with Crippen molar-refractivity contribution in [1.82, 2.24) is 0 Å². The minimum absolute atomic E-state index is 0.0762. The molecule has 134 valence electrons. The normalized spacial score (nSPS) is 19.0. The zero-order valence-corrected chi connectivity index (χ0v) is 11.7. The summed E-state index contributed by atoms with van der Waals surface area (Å²) in [4.78, 5) is 57.6. The van der Waals surface area contributed by atoms with Gasteiger partial charge in [-0.25, -0.2) is 0 Å². The molecule has 16 heteroatoms. The van der Waals surface area contributed by atoms with Gasteiger partial charge in [0.2, 0.25) is 0 Å². The lowest BCUT2D eigenvalue weighted by atomic mass is 9.69. The van der Waals surface area contributed by atoms with Crippen LogP contribution >= 0.6 is 0 Å². The summed E-state index contributed by atoms with van der Waals surface area (Å²) in [6, 6.07) is 0. The lowest BCUT2D eigenvalue weighted by molar-refractivity contribution is -0.765. The van der Waals surface area contributed by atoms with Crippen LogP contribution in [0.15, 0.2) is 11.1 Å². The third-order valence-corrected chi connectivity index (χ3v) is 3.16. The second kappa shape index (κ2) is 8.25. The summed E-state index contributed by atoms with van der Waals surface area (Å²) in [5, 5.41) is 36.5. The van der Waals surface area contributed by atoms with Crippen LogP contribution in [0.3, 0.4) is 0 Å². The Labute approximate surface area is 130 Å². The third kappa shape index (κ3) is 5.39. The van der Waals surface area contributed by atoms with Crippen molar-refractivity contribution in [2.24, 2.45) is 11.8 Å². The molecule has 0 aliphatic heterocycles. The van der Waals surface area contributed by atoms with Crippen molar-refractivity contribution < 1.29 is 39.7 Å². The summed E-state index contributed by atoms with van der Waals surface area (Å²) in [6.45, 7) is -2.47. The van der Waals surface area contributed by atoms with E-state index in [4.69, 9.17) is 0 Å². The van der Waals surface area contributed by atoms with Gasteiger partial charge in [0.1, 0.15) is 26.4 Å². The molecule has 1 aliphatic carbocycles. The highest BCUT2D eigenvalue weighted by molar-refractivity contribution is 5.34. The average Bonchev–Trinajstić information content (AvgIpc) is 2.43. The molecular formula is C8H10N4O12. The summed E-state index contributed by atoms with van der Waals surface area (Å²) in [7, 11) is 0. The van der Waals surface area contributed by atoms with E-state index in [0.29, 0.717) is 0 Å². The molecule has 1 aliphatic rings. The Bertz CT molecular complexity index is 513. The molecule has 2 atom stereocenters. The van der Waals surface area contributed by atoms with Crippen molar-refractivity contribution >= 4 is 0 Å². The molecule has 0 aromatic heterocycles. The van der Waals surface area contributed by atoms with Gasteiger partial charge in [-0.3, -0.25) is 0 Å². The topological polar surface area (TPSA) is 209 Å². The van der Waals surface area contributed by atoms with E-state index in [1.807, 2.05) is 0 Å². The molecule has 0 fully saturated rings. The molecular weight excluding hydrogens is 344 g/mol. The van der Waals surface area contributed by atoms with Gasteiger partial charge in [-0.15, -0.1) is 40.5 Å². The van der Waals surface area contributed by atoms with Crippen molar-refractivity contribution in [1.29, 1.82) is 0 Å². The smallest absolute Gasteiger partial charge is 0.294 e. The maximum atomic E-state index is 10.3. The molecule has 0 bridgehead atoms. The molecule has 0 aromatic carbocycles. The lowest BCUT2D eigenvalue weighted by Crippen LogP contribution is -2.42. The zero-order valence-electron chi connectivity index (χ0n) is 11.7. The van der Waals surface area contributed by atoms with Crippen molar-refractivity contribution in [2.75, 3.05) is 26.4 Å². The molecule has 0 heterocycles. The molecule has 0 spiro atoms. The Balaban J connectivity index is 2.93. The first-order valence-corrected chi connectivity index (χ1v) is 6.03. The van der Waals surface area contributed by atoms with E-state index in [0.717, 1.165) is 0 Å². The van der Waals surface area contributed by atoms with Crippen LogP contribution in [0.1, 0.15) is 0 Å². The van der Waals surface area contributed by atoms with E-state index < -0.39 is 58.6 Å². The monoisotopic (exact) mass is 354 g/mol. The number of rotatable bonds is 12. The minimum atomic E-state index is -1.13. The first-order chi connectivity index (χ1) is 11.2. The summed E-state index contributed by atoms with van der Waals surface area (Å²) >= 11 is 0. The van der Waals surface area contributed by atoms with E-state index >= 15 is 0 Å². The molecule has 0 radical (unpaired) electrons. The molecule has 0 amide bonds. The highest BCUT2D eigenvalue weighted by Gasteiger charge is 2.42. The van der Waals surface area contributed by atoms with Crippen molar-refractivity contribution in [3.05, 3.63) is 51.6 Å². The fourth-order valence-corrected chi connectivity index (χ4v) is 2.23. The molecule has 0 aromatic rings. The van der Waals surface area contributed by atoms with Gasteiger partial charge in [-0.1, -0.05) is 0 Å². The first-order valence-electron chi connectivity index (χ1n) is 6.03. The van der Waals surface area contributed by atoms with E-state index in [2.05, 4.69) is 19.4 Å². The molecule has 0 saturated carbocycles. The minimum Gasteiger partial charge on any atom is -0.313 e. The van der Waals surface area contributed by atoms with E-state index in [9.17, 15) is 40.5 Å². The maximum absolute atomic E-state index is 10.3. The standard InChI is InChI=1S/C8H10N4O12/c13-9(14)21-1-5-6(2-22-10(15)16)8(4-24-12(19)20)7(5)3-23-11(17)18/h5-6H,1-4H2. The zero-order chi connectivity index (χ0) is 18.3.